The van der Waals surface area contributed by atoms with Crippen molar-refractivity contribution in [3.8, 4) is 5.75 Å². The first-order valence-electron chi connectivity index (χ1n) is 13.6. The Labute approximate surface area is 238 Å². The third kappa shape index (κ3) is 7.85. The van der Waals surface area contributed by atoms with Crippen molar-refractivity contribution < 1.29 is 22.7 Å². The van der Waals surface area contributed by atoms with Crippen molar-refractivity contribution in [2.45, 2.75) is 58.0 Å². The Morgan fingerprint density at radius 1 is 0.950 bits per heavy atom. The van der Waals surface area contributed by atoms with E-state index in [4.69, 9.17) is 4.74 Å². The molecule has 0 fully saturated rings. The van der Waals surface area contributed by atoms with Gasteiger partial charge in [-0.15, -0.1) is 0 Å². The minimum atomic E-state index is -4.16. The van der Waals surface area contributed by atoms with Crippen molar-refractivity contribution >= 4 is 27.5 Å². The van der Waals surface area contributed by atoms with E-state index in [-0.39, 0.29) is 23.0 Å². The second-order valence-electron chi connectivity index (χ2n) is 9.56. The van der Waals surface area contributed by atoms with Gasteiger partial charge < -0.3 is 15.0 Å². The summed E-state index contributed by atoms with van der Waals surface area (Å²) in [5, 5.41) is 2.90. The molecule has 3 aromatic rings. The summed E-state index contributed by atoms with van der Waals surface area (Å²) < 4.78 is 34.7. The largest absolute Gasteiger partial charge is 0.492 e. The van der Waals surface area contributed by atoms with Crippen LogP contribution in [0.5, 0.6) is 5.75 Å². The van der Waals surface area contributed by atoms with E-state index in [1.807, 2.05) is 38.1 Å². The Bertz CT molecular complexity index is 1380. The standard InChI is InChI=1S/C31H39N3O5S/c1-5-7-20-32-31(36)25(4)33(22-26-15-13-14-24(3)21-26)30(35)23-34(28-18-11-12-19-29(28)39-6-2)40(37,38)27-16-9-8-10-17-27/h8-19,21,25H,5-7,20,22-23H2,1-4H3,(H,32,36)/t25-/m1/s1. The number of ether oxygens (including phenoxy) is 1. The molecule has 214 valence electrons. The quantitative estimate of drug-likeness (QED) is 0.280. The first kappa shape index (κ1) is 30.7. The van der Waals surface area contributed by atoms with Crippen LogP contribution in [0.15, 0.2) is 83.8 Å². The van der Waals surface area contributed by atoms with Crippen molar-refractivity contribution in [3.05, 3.63) is 90.0 Å². The highest BCUT2D eigenvalue weighted by Crippen LogP contribution is 2.32. The average Bonchev–Trinajstić information content (AvgIpc) is 2.95. The number of para-hydroxylation sites is 2. The first-order valence-corrected chi connectivity index (χ1v) is 15.0. The van der Waals surface area contributed by atoms with Gasteiger partial charge in [0.1, 0.15) is 18.3 Å². The molecule has 2 amide bonds. The normalized spacial score (nSPS) is 11.9. The molecule has 8 nitrogen and oxygen atoms in total. The van der Waals surface area contributed by atoms with Gasteiger partial charge in [-0.25, -0.2) is 8.42 Å². The second kappa shape index (κ2) is 14.5. The smallest absolute Gasteiger partial charge is 0.264 e. The molecule has 0 bridgehead atoms. The van der Waals surface area contributed by atoms with Gasteiger partial charge in [-0.2, -0.15) is 0 Å². The van der Waals surface area contributed by atoms with Gasteiger partial charge in [0.2, 0.25) is 11.8 Å². The molecule has 1 N–H and O–H groups in total. The molecule has 0 unspecified atom stereocenters. The lowest BCUT2D eigenvalue weighted by Crippen LogP contribution is -2.51. The maximum atomic E-state index is 14.0. The van der Waals surface area contributed by atoms with Crippen LogP contribution in [0.2, 0.25) is 0 Å². The average molecular weight is 566 g/mol. The fourth-order valence-corrected chi connectivity index (χ4v) is 5.75. The van der Waals surface area contributed by atoms with Gasteiger partial charge in [-0.3, -0.25) is 13.9 Å². The molecule has 1 atom stereocenters. The Hall–Kier alpha value is -3.85. The zero-order valence-electron chi connectivity index (χ0n) is 23.7. The van der Waals surface area contributed by atoms with Crippen LogP contribution < -0.4 is 14.4 Å². The number of nitrogens with one attached hydrogen (secondary N) is 1. The molecule has 3 aromatic carbocycles. The highest BCUT2D eigenvalue weighted by molar-refractivity contribution is 7.92. The second-order valence-corrected chi connectivity index (χ2v) is 11.4. The third-order valence-electron chi connectivity index (χ3n) is 6.48. The molecule has 0 radical (unpaired) electrons. The van der Waals surface area contributed by atoms with Crippen molar-refractivity contribution in [2.24, 2.45) is 0 Å². The van der Waals surface area contributed by atoms with Gasteiger partial charge in [-0.05, 0) is 57.0 Å². The molecule has 0 heterocycles. The van der Waals surface area contributed by atoms with Gasteiger partial charge in [0.05, 0.1) is 17.2 Å². The molecular weight excluding hydrogens is 526 g/mol. The molecular formula is C31H39N3O5S. The zero-order valence-corrected chi connectivity index (χ0v) is 24.5. The molecule has 0 spiro atoms. The Kier molecular flexibility index (Phi) is 11.1. The van der Waals surface area contributed by atoms with Gasteiger partial charge in [0.25, 0.3) is 10.0 Å². The monoisotopic (exact) mass is 565 g/mol. The Morgan fingerprint density at radius 2 is 1.65 bits per heavy atom. The fourth-order valence-electron chi connectivity index (χ4n) is 4.30. The number of nitrogens with zero attached hydrogens (tertiary/aromatic N) is 2. The van der Waals surface area contributed by atoms with Crippen molar-refractivity contribution in [1.29, 1.82) is 0 Å². The van der Waals surface area contributed by atoms with Crippen LogP contribution in [0, 0.1) is 6.92 Å². The number of carbonyl (C=O) groups excluding carboxylic acids is 2. The van der Waals surface area contributed by atoms with Gasteiger partial charge in [0.15, 0.2) is 0 Å². The molecule has 0 aliphatic carbocycles. The zero-order chi connectivity index (χ0) is 29.1. The highest BCUT2D eigenvalue weighted by atomic mass is 32.2. The Morgan fingerprint density at radius 3 is 2.33 bits per heavy atom. The van der Waals surface area contributed by atoms with E-state index >= 15 is 0 Å². The molecule has 0 saturated carbocycles. The predicted octanol–water partition coefficient (Wildman–Crippen LogP) is 4.92. The van der Waals surface area contributed by atoms with Crippen LogP contribution in [0.1, 0.15) is 44.7 Å². The minimum absolute atomic E-state index is 0.0460. The molecule has 0 aromatic heterocycles. The van der Waals surface area contributed by atoms with E-state index in [1.165, 1.54) is 17.0 Å². The van der Waals surface area contributed by atoms with Crippen molar-refractivity contribution in [2.75, 3.05) is 24.0 Å². The predicted molar refractivity (Wildman–Crippen MR) is 158 cm³/mol. The van der Waals surface area contributed by atoms with Crippen LogP contribution in [-0.4, -0.2) is 50.9 Å². The van der Waals surface area contributed by atoms with Crippen LogP contribution >= 0.6 is 0 Å². The summed E-state index contributed by atoms with van der Waals surface area (Å²) in [6, 6.07) is 21.6. The van der Waals surface area contributed by atoms with E-state index in [2.05, 4.69) is 5.32 Å². The summed E-state index contributed by atoms with van der Waals surface area (Å²) in [6.45, 7) is 7.91. The number of rotatable bonds is 14. The van der Waals surface area contributed by atoms with E-state index in [9.17, 15) is 18.0 Å². The topological polar surface area (TPSA) is 96.0 Å². The van der Waals surface area contributed by atoms with E-state index in [0.717, 1.165) is 28.3 Å². The van der Waals surface area contributed by atoms with E-state index < -0.39 is 28.5 Å². The van der Waals surface area contributed by atoms with Crippen LogP contribution in [0.4, 0.5) is 5.69 Å². The molecule has 40 heavy (non-hydrogen) atoms. The number of sulfonamides is 1. The van der Waals surface area contributed by atoms with Crippen molar-refractivity contribution in [1.82, 2.24) is 10.2 Å². The maximum Gasteiger partial charge on any atom is 0.264 e. The van der Waals surface area contributed by atoms with E-state index in [0.29, 0.717) is 18.9 Å². The lowest BCUT2D eigenvalue weighted by molar-refractivity contribution is -0.139. The number of carbonyl (C=O) groups is 2. The lowest BCUT2D eigenvalue weighted by Gasteiger charge is -2.32. The summed E-state index contributed by atoms with van der Waals surface area (Å²) in [5.41, 5.74) is 2.11. The summed E-state index contributed by atoms with van der Waals surface area (Å²) in [4.78, 5) is 28.6. The number of aryl methyl sites for hydroxylation is 1. The maximum absolute atomic E-state index is 14.0. The summed E-state index contributed by atoms with van der Waals surface area (Å²) in [7, 11) is -4.16. The van der Waals surface area contributed by atoms with Crippen molar-refractivity contribution in [3.63, 3.8) is 0 Å². The molecule has 0 saturated heterocycles. The molecule has 3 rings (SSSR count). The van der Waals surface area contributed by atoms with E-state index in [1.54, 1.807) is 56.3 Å². The summed E-state index contributed by atoms with van der Waals surface area (Å²) >= 11 is 0. The number of anilines is 1. The fraction of sp³-hybridized carbons (Fsp3) is 0.355. The van der Waals surface area contributed by atoms with Crippen LogP contribution in [0.25, 0.3) is 0 Å². The summed E-state index contributed by atoms with van der Waals surface area (Å²) in [5.74, 6) is -0.458. The van der Waals surface area contributed by atoms with Gasteiger partial charge >= 0.3 is 0 Å². The molecule has 0 aliphatic heterocycles. The van der Waals surface area contributed by atoms with Gasteiger partial charge in [-0.1, -0.05) is 73.5 Å². The van der Waals surface area contributed by atoms with Gasteiger partial charge in [0, 0.05) is 13.1 Å². The first-order chi connectivity index (χ1) is 19.2. The lowest BCUT2D eigenvalue weighted by atomic mass is 10.1. The molecule has 0 aliphatic rings. The number of unbranched alkanes of at least 4 members (excludes halogenated alkanes) is 1. The van der Waals surface area contributed by atoms with Crippen LogP contribution in [0.3, 0.4) is 0 Å². The SMILES string of the molecule is CCCCNC(=O)[C@@H](C)N(Cc1cccc(C)c1)C(=O)CN(c1ccccc1OCC)S(=O)(=O)c1ccccc1. The Balaban J connectivity index is 2.04. The third-order valence-corrected chi connectivity index (χ3v) is 8.25. The number of benzene rings is 3. The number of hydrogen-bond donors (Lipinski definition) is 1. The summed E-state index contributed by atoms with van der Waals surface area (Å²) in [6.07, 6.45) is 1.74. The molecule has 9 heteroatoms. The minimum Gasteiger partial charge on any atom is -0.492 e. The van der Waals surface area contributed by atoms with Crippen LogP contribution in [-0.2, 0) is 26.2 Å². The highest BCUT2D eigenvalue weighted by Gasteiger charge is 2.33. The number of amides is 2. The number of hydrogen-bond acceptors (Lipinski definition) is 5.